The summed E-state index contributed by atoms with van der Waals surface area (Å²) < 4.78 is 14.8. The number of rotatable bonds is 6. The number of aryl methyl sites for hydroxylation is 1. The molecule has 5 saturated carbocycles. The molecule has 2 saturated heterocycles. The van der Waals surface area contributed by atoms with E-state index < -0.39 is 0 Å². The normalized spacial score (nSPS) is 41.1. The number of hydrogen-bond acceptors (Lipinski definition) is 9. The third kappa shape index (κ3) is 5.37. The first kappa shape index (κ1) is 36.6. The molecule has 1 spiro atoms. The maximum absolute atomic E-state index is 12.8. The van der Waals surface area contributed by atoms with Crippen LogP contribution < -0.4 is 11.2 Å². The molecule has 0 radical (unpaired) electrons. The fraction of sp³-hybridized carbons (Fsp3) is 0.762. The molecule has 8 aliphatic rings. The van der Waals surface area contributed by atoms with E-state index in [0.717, 1.165) is 70.0 Å². The molecular formula is C42H56N4O7S. The van der Waals surface area contributed by atoms with Crippen molar-refractivity contribution < 1.29 is 23.9 Å². The number of ether oxygens (including phenoxy) is 2. The summed E-state index contributed by atoms with van der Waals surface area (Å²) in [4.78, 5) is 70.0. The Morgan fingerprint density at radius 2 is 1.72 bits per heavy atom. The highest BCUT2D eigenvalue weighted by molar-refractivity contribution is 8.14. The number of ketones is 1. The maximum atomic E-state index is 12.8. The number of aromatic amines is 1. The van der Waals surface area contributed by atoms with Crippen molar-refractivity contribution in [3.63, 3.8) is 0 Å². The summed E-state index contributed by atoms with van der Waals surface area (Å²) in [7, 11) is 0. The molecule has 7 fully saturated rings. The van der Waals surface area contributed by atoms with Gasteiger partial charge in [-0.3, -0.25) is 28.3 Å². The minimum absolute atomic E-state index is 0.0119. The molecule has 10 rings (SSSR count). The molecular weight excluding hydrogens is 705 g/mol. The third-order valence-electron chi connectivity index (χ3n) is 15.8. The van der Waals surface area contributed by atoms with E-state index in [1.165, 1.54) is 28.3 Å². The summed E-state index contributed by atoms with van der Waals surface area (Å²) >= 11 is 1.50. The third-order valence-corrected chi connectivity index (χ3v) is 16.9. The predicted octanol–water partition coefficient (Wildman–Crippen LogP) is 6.45. The zero-order valence-electron chi connectivity index (χ0n) is 32.5. The number of nitrogens with one attached hydrogen (secondary N) is 1. The molecule has 0 unspecified atom stereocenters. The van der Waals surface area contributed by atoms with E-state index in [9.17, 15) is 24.0 Å². The summed E-state index contributed by atoms with van der Waals surface area (Å²) in [5, 5.41) is 0.409. The van der Waals surface area contributed by atoms with Gasteiger partial charge in [-0.25, -0.2) is 9.78 Å². The molecule has 11 nitrogen and oxygen atoms in total. The van der Waals surface area contributed by atoms with Crippen LogP contribution in [-0.4, -0.2) is 59.0 Å². The quantitative estimate of drug-likeness (QED) is 0.259. The van der Waals surface area contributed by atoms with Crippen molar-refractivity contribution >= 4 is 39.8 Å². The first-order valence-electron chi connectivity index (χ1n) is 20.8. The van der Waals surface area contributed by atoms with Gasteiger partial charge in [-0.05, 0) is 112 Å². The van der Waals surface area contributed by atoms with Gasteiger partial charge < -0.3 is 14.5 Å². The Labute approximate surface area is 320 Å². The minimum atomic E-state index is -0.287. The number of carbonyl (C=O) groups is 3. The number of fused-ring (bicyclic) bond motifs is 12. The molecule has 0 amide bonds. The molecule has 4 heterocycles. The number of H-pyrrole nitrogens is 1. The van der Waals surface area contributed by atoms with Crippen LogP contribution in [-0.2, 0) is 36.9 Å². The van der Waals surface area contributed by atoms with Gasteiger partial charge in [0.25, 0.3) is 5.56 Å². The Balaban J connectivity index is 0.000000144. The number of epoxide rings is 1. The van der Waals surface area contributed by atoms with Crippen LogP contribution in [0, 0.1) is 40.4 Å². The molecule has 2 aromatic heterocycles. The van der Waals surface area contributed by atoms with Crippen LogP contribution in [0.4, 0.5) is 0 Å². The van der Waals surface area contributed by atoms with Crippen molar-refractivity contribution in [2.75, 3.05) is 0 Å². The summed E-state index contributed by atoms with van der Waals surface area (Å²) in [5.74, 6) is 4.02. The van der Waals surface area contributed by atoms with Crippen LogP contribution in [0.3, 0.4) is 0 Å². The number of aromatic nitrogens is 4. The Morgan fingerprint density at radius 1 is 0.963 bits per heavy atom. The zero-order chi connectivity index (χ0) is 37.9. The monoisotopic (exact) mass is 760 g/mol. The fourth-order valence-corrected chi connectivity index (χ4v) is 14.5. The van der Waals surface area contributed by atoms with Crippen molar-refractivity contribution in [3.8, 4) is 0 Å². The van der Waals surface area contributed by atoms with Gasteiger partial charge in [-0.15, -0.1) is 0 Å². The molecule has 2 aromatic rings. The van der Waals surface area contributed by atoms with Crippen LogP contribution in [0.5, 0.6) is 0 Å². The van der Waals surface area contributed by atoms with Crippen molar-refractivity contribution in [1.29, 1.82) is 0 Å². The van der Waals surface area contributed by atoms with E-state index >= 15 is 0 Å². The van der Waals surface area contributed by atoms with E-state index in [1.807, 2.05) is 19.9 Å². The number of carbonyl (C=O) groups excluding carboxylic acids is 3. The van der Waals surface area contributed by atoms with Crippen molar-refractivity contribution in [3.05, 3.63) is 38.3 Å². The van der Waals surface area contributed by atoms with Crippen LogP contribution >= 0.6 is 11.8 Å². The van der Waals surface area contributed by atoms with Gasteiger partial charge in [0.2, 0.25) is 0 Å². The molecule has 2 bridgehead atoms. The smallest absolute Gasteiger partial charge is 0.332 e. The lowest BCUT2D eigenvalue weighted by molar-refractivity contribution is -0.167. The van der Waals surface area contributed by atoms with Crippen LogP contribution in [0.25, 0.3) is 11.2 Å². The van der Waals surface area contributed by atoms with Crippen LogP contribution in [0.15, 0.2) is 21.2 Å². The van der Waals surface area contributed by atoms with E-state index in [0.29, 0.717) is 84.8 Å². The number of allylic oxidation sites excluding steroid dienone is 1. The number of hydrogen-bond donors (Lipinski definition) is 1. The van der Waals surface area contributed by atoms with Crippen molar-refractivity contribution in [2.45, 2.75) is 160 Å². The number of esters is 1. The fourth-order valence-electron chi connectivity index (χ4n) is 13.3. The maximum Gasteiger partial charge on any atom is 0.332 e. The second kappa shape index (κ2) is 13.0. The van der Waals surface area contributed by atoms with E-state index in [4.69, 9.17) is 14.5 Å². The van der Waals surface area contributed by atoms with Gasteiger partial charge in [0.1, 0.15) is 16.9 Å². The summed E-state index contributed by atoms with van der Waals surface area (Å²) in [5.41, 5.74) is 1.62. The van der Waals surface area contributed by atoms with Crippen molar-refractivity contribution in [2.24, 2.45) is 40.4 Å². The Hall–Kier alpha value is -2.99. The van der Waals surface area contributed by atoms with Crippen LogP contribution in [0.2, 0.25) is 0 Å². The highest BCUT2D eigenvalue weighted by atomic mass is 32.2. The molecule has 12 heteroatoms. The highest BCUT2D eigenvalue weighted by Gasteiger charge is 2.68. The number of nitrogens with zero attached hydrogens (tertiary/aromatic N) is 3. The summed E-state index contributed by atoms with van der Waals surface area (Å²) in [6.45, 7) is 11.4. The number of thioether (sulfide) groups is 1. The second-order valence-electron chi connectivity index (χ2n) is 18.4. The Bertz CT molecular complexity index is 2070. The van der Waals surface area contributed by atoms with Crippen molar-refractivity contribution in [1.82, 2.24) is 19.1 Å². The number of imidazole rings is 1. The van der Waals surface area contributed by atoms with Gasteiger partial charge in [0.05, 0.1) is 12.2 Å². The summed E-state index contributed by atoms with van der Waals surface area (Å²) in [6.07, 6.45) is 14.8. The lowest BCUT2D eigenvalue weighted by atomic mass is 9.46. The van der Waals surface area contributed by atoms with E-state index in [-0.39, 0.29) is 49.8 Å². The first-order valence-corrected chi connectivity index (χ1v) is 21.7. The standard InChI is InChI=1S/C24H32O4S.C18H24N4O3/c1-14(25)29-19-13-15-12-16(26)4-8-22(15,2)17-5-9-23(3)18(21(17)19)6-10-24(23)11-7-20(27)28-24;1-3-5-21-16-12(17(23)22(6-4-2)18(21)24)19-15(20-16)11-8-9-7-10(11)14-13(9)25-14/h12,17-19,21H,4-11,13H2,1-3H3;9-11,13-14H,3-8H2,1-2H3,(H,19,20)/t17-,18-,19+,21+,22-,23-,24+;9-,10+,11-,13-,14+/m01/s1. The molecule has 0 aromatic carbocycles. The average Bonchev–Trinajstić information content (AvgIpc) is 3.51. The van der Waals surface area contributed by atoms with Gasteiger partial charge in [0, 0.05) is 49.4 Å². The molecule has 6 aliphatic carbocycles. The van der Waals surface area contributed by atoms with Gasteiger partial charge in [-0.2, -0.15) is 0 Å². The Morgan fingerprint density at radius 3 is 2.41 bits per heavy atom. The first-order chi connectivity index (χ1) is 25.8. The van der Waals surface area contributed by atoms with Crippen LogP contribution in [0.1, 0.15) is 130 Å². The second-order valence-corrected chi connectivity index (χ2v) is 19.9. The molecule has 54 heavy (non-hydrogen) atoms. The topological polar surface area (TPSA) is 146 Å². The molecule has 1 N–H and O–H groups in total. The highest BCUT2D eigenvalue weighted by Crippen LogP contribution is 2.71. The van der Waals surface area contributed by atoms with Gasteiger partial charge >= 0.3 is 11.7 Å². The Kier molecular flexibility index (Phi) is 8.84. The minimum Gasteiger partial charge on any atom is -0.458 e. The van der Waals surface area contributed by atoms with E-state index in [1.54, 1.807) is 11.5 Å². The lowest BCUT2D eigenvalue weighted by Crippen LogP contribution is -2.57. The zero-order valence-corrected chi connectivity index (χ0v) is 33.3. The largest absolute Gasteiger partial charge is 0.458 e. The molecule has 292 valence electrons. The SMILES string of the molecule is CC(=O)S[C@@H]1CC2=CC(=O)CC[C@]2(C)[C@H]2CC[C@@]3(C)[C@@H](CC[C@@]34CCC(=O)O4)[C@H]12.CCCn1c(=O)c2[nH]c([C@@H]3C[C@H]4C[C@@H]3[C@@H]3O[C@H]43)nc2n(CCC)c1=O. The summed E-state index contributed by atoms with van der Waals surface area (Å²) in [6, 6.07) is 0. The molecule has 12 atom stereocenters. The van der Waals surface area contributed by atoms with Gasteiger partial charge in [0.15, 0.2) is 16.5 Å². The average molecular weight is 761 g/mol. The predicted molar refractivity (Wildman–Crippen MR) is 205 cm³/mol. The van der Waals surface area contributed by atoms with Gasteiger partial charge in [-0.1, -0.05) is 45.0 Å². The van der Waals surface area contributed by atoms with E-state index in [2.05, 4.69) is 18.8 Å². The molecule has 2 aliphatic heterocycles. The lowest BCUT2D eigenvalue weighted by Gasteiger charge is -2.61.